The fourth-order valence-corrected chi connectivity index (χ4v) is 5.46. The number of anilines is 1. The van der Waals surface area contributed by atoms with E-state index < -0.39 is 0 Å². The summed E-state index contributed by atoms with van der Waals surface area (Å²) < 4.78 is 1.89. The van der Waals surface area contributed by atoms with Crippen molar-refractivity contribution in [1.29, 1.82) is 0 Å². The average molecular weight is 469 g/mol. The molecule has 2 aliphatic heterocycles. The molecule has 2 aliphatic rings. The standard InChI is InChI=1S/C27H28N6O2/c34-26(32-13-9-19-5-1-2-6-20(19)10-14-32)23-17-25(29-18-28-23)31-15-11-21(12-16-31)33-24-8-4-3-7-22(24)30-27(33)35/h1-8,17-18,21H,9-16H2,(H,30,35). The Morgan fingerprint density at radius 2 is 1.57 bits per heavy atom. The number of fused-ring (bicyclic) bond motifs is 2. The highest BCUT2D eigenvalue weighted by molar-refractivity contribution is 5.93. The van der Waals surface area contributed by atoms with Crippen LogP contribution in [0.15, 0.2) is 65.7 Å². The van der Waals surface area contributed by atoms with E-state index in [1.165, 1.54) is 17.5 Å². The molecule has 4 aromatic rings. The number of carbonyl (C=O) groups excluding carboxylic acids is 1. The molecular weight excluding hydrogens is 440 g/mol. The van der Waals surface area contributed by atoms with E-state index >= 15 is 0 Å². The number of para-hydroxylation sites is 2. The molecule has 0 radical (unpaired) electrons. The van der Waals surface area contributed by atoms with Gasteiger partial charge in [-0.15, -0.1) is 0 Å². The Kier molecular flexibility index (Phi) is 5.56. The number of H-pyrrole nitrogens is 1. The number of benzene rings is 2. The zero-order valence-corrected chi connectivity index (χ0v) is 19.6. The lowest BCUT2D eigenvalue weighted by atomic mass is 10.0. The maximum absolute atomic E-state index is 13.3. The normalized spacial score (nSPS) is 16.8. The van der Waals surface area contributed by atoms with E-state index in [1.807, 2.05) is 39.8 Å². The number of nitrogens with zero attached hydrogens (tertiary/aromatic N) is 5. The molecule has 0 unspecified atom stereocenters. The molecule has 1 N–H and O–H groups in total. The number of carbonyl (C=O) groups is 1. The molecule has 4 heterocycles. The van der Waals surface area contributed by atoms with Gasteiger partial charge in [-0.2, -0.15) is 0 Å². The van der Waals surface area contributed by atoms with Crippen LogP contribution in [-0.2, 0) is 12.8 Å². The first-order chi connectivity index (χ1) is 17.2. The van der Waals surface area contributed by atoms with E-state index in [0.717, 1.165) is 55.6 Å². The van der Waals surface area contributed by atoms with Gasteiger partial charge in [-0.25, -0.2) is 14.8 Å². The van der Waals surface area contributed by atoms with E-state index in [-0.39, 0.29) is 17.6 Å². The Labute approximate surface area is 203 Å². The van der Waals surface area contributed by atoms with Crippen LogP contribution >= 0.6 is 0 Å². The Bertz CT molecular complexity index is 1410. The lowest BCUT2D eigenvalue weighted by molar-refractivity contribution is 0.0757. The molecule has 0 saturated carbocycles. The maximum atomic E-state index is 13.3. The van der Waals surface area contributed by atoms with Gasteiger partial charge in [0.15, 0.2) is 0 Å². The minimum Gasteiger partial charge on any atom is -0.356 e. The minimum atomic E-state index is -0.0563. The van der Waals surface area contributed by atoms with Gasteiger partial charge in [-0.1, -0.05) is 36.4 Å². The number of amides is 1. The number of aromatic nitrogens is 4. The molecule has 6 rings (SSSR count). The summed E-state index contributed by atoms with van der Waals surface area (Å²) >= 11 is 0. The summed E-state index contributed by atoms with van der Waals surface area (Å²) in [4.78, 5) is 41.7. The Hall–Kier alpha value is -3.94. The van der Waals surface area contributed by atoms with Gasteiger partial charge in [0.1, 0.15) is 17.8 Å². The third-order valence-electron chi connectivity index (χ3n) is 7.36. The topological polar surface area (TPSA) is 87.1 Å². The minimum absolute atomic E-state index is 0.0401. The zero-order chi connectivity index (χ0) is 23.8. The molecule has 8 nitrogen and oxygen atoms in total. The second-order valence-electron chi connectivity index (χ2n) is 9.36. The van der Waals surface area contributed by atoms with Gasteiger partial charge in [0, 0.05) is 38.3 Å². The number of nitrogens with one attached hydrogen (secondary N) is 1. The third-order valence-corrected chi connectivity index (χ3v) is 7.36. The highest BCUT2D eigenvalue weighted by Crippen LogP contribution is 2.27. The Morgan fingerprint density at radius 3 is 2.31 bits per heavy atom. The fourth-order valence-electron chi connectivity index (χ4n) is 5.46. The van der Waals surface area contributed by atoms with Crippen molar-refractivity contribution in [3.8, 4) is 0 Å². The summed E-state index contributed by atoms with van der Waals surface area (Å²) in [6, 6.07) is 18.2. The molecule has 0 bridgehead atoms. The first-order valence-corrected chi connectivity index (χ1v) is 12.3. The van der Waals surface area contributed by atoms with Crippen LogP contribution in [-0.4, -0.2) is 56.5 Å². The van der Waals surface area contributed by atoms with Crippen LogP contribution in [0.25, 0.3) is 11.0 Å². The van der Waals surface area contributed by atoms with E-state index in [4.69, 9.17) is 0 Å². The van der Waals surface area contributed by atoms with Crippen molar-refractivity contribution in [3.63, 3.8) is 0 Å². The van der Waals surface area contributed by atoms with Crippen molar-refractivity contribution in [1.82, 2.24) is 24.4 Å². The number of rotatable bonds is 3. The van der Waals surface area contributed by atoms with Gasteiger partial charge in [0.2, 0.25) is 0 Å². The van der Waals surface area contributed by atoms with Crippen molar-refractivity contribution < 1.29 is 4.79 Å². The van der Waals surface area contributed by atoms with Gasteiger partial charge in [0.25, 0.3) is 5.91 Å². The second kappa shape index (κ2) is 9.02. The molecule has 8 heteroatoms. The van der Waals surface area contributed by atoms with Crippen LogP contribution in [0, 0.1) is 0 Å². The van der Waals surface area contributed by atoms with Gasteiger partial charge in [-0.05, 0) is 48.9 Å². The smallest absolute Gasteiger partial charge is 0.326 e. The van der Waals surface area contributed by atoms with Crippen molar-refractivity contribution in [2.75, 3.05) is 31.1 Å². The maximum Gasteiger partial charge on any atom is 0.326 e. The molecule has 2 aromatic carbocycles. The number of aromatic amines is 1. The second-order valence-corrected chi connectivity index (χ2v) is 9.36. The van der Waals surface area contributed by atoms with E-state index in [0.29, 0.717) is 18.8 Å². The quantitative estimate of drug-likeness (QED) is 0.499. The first kappa shape index (κ1) is 21.6. The van der Waals surface area contributed by atoms with Crippen molar-refractivity contribution in [3.05, 3.63) is 88.2 Å². The van der Waals surface area contributed by atoms with E-state index in [9.17, 15) is 9.59 Å². The monoisotopic (exact) mass is 468 g/mol. The molecule has 0 aliphatic carbocycles. The molecule has 2 aromatic heterocycles. The summed E-state index contributed by atoms with van der Waals surface area (Å²) in [6.07, 6.45) is 4.88. The zero-order valence-electron chi connectivity index (χ0n) is 19.6. The fraction of sp³-hybridized carbons (Fsp3) is 0.333. The number of imidazole rings is 1. The third kappa shape index (κ3) is 4.09. The highest BCUT2D eigenvalue weighted by Gasteiger charge is 2.26. The summed E-state index contributed by atoms with van der Waals surface area (Å²) in [5.41, 5.74) is 4.85. The van der Waals surface area contributed by atoms with Crippen molar-refractivity contribution >= 4 is 22.8 Å². The molecule has 1 amide bonds. The summed E-state index contributed by atoms with van der Waals surface area (Å²) in [5, 5.41) is 0. The molecule has 1 saturated heterocycles. The van der Waals surface area contributed by atoms with Crippen molar-refractivity contribution in [2.45, 2.75) is 31.7 Å². The molecule has 178 valence electrons. The van der Waals surface area contributed by atoms with Crippen LogP contribution in [0.3, 0.4) is 0 Å². The summed E-state index contributed by atoms with van der Waals surface area (Å²) in [5.74, 6) is 0.730. The van der Waals surface area contributed by atoms with Crippen LogP contribution in [0.4, 0.5) is 5.82 Å². The van der Waals surface area contributed by atoms with Crippen molar-refractivity contribution in [2.24, 2.45) is 0 Å². The largest absolute Gasteiger partial charge is 0.356 e. The first-order valence-electron chi connectivity index (χ1n) is 12.3. The summed E-state index contributed by atoms with van der Waals surface area (Å²) in [7, 11) is 0. The average Bonchev–Trinajstić information content (AvgIpc) is 3.09. The van der Waals surface area contributed by atoms with Gasteiger partial charge in [0.05, 0.1) is 11.0 Å². The molecular formula is C27H28N6O2. The number of hydrogen-bond donors (Lipinski definition) is 1. The predicted molar refractivity (Wildman–Crippen MR) is 135 cm³/mol. The Balaban J connectivity index is 1.15. The van der Waals surface area contributed by atoms with Crippen LogP contribution < -0.4 is 10.6 Å². The van der Waals surface area contributed by atoms with Crippen LogP contribution in [0.2, 0.25) is 0 Å². The van der Waals surface area contributed by atoms with Gasteiger partial charge >= 0.3 is 5.69 Å². The predicted octanol–water partition coefficient (Wildman–Crippen LogP) is 3.20. The Morgan fingerprint density at radius 1 is 0.886 bits per heavy atom. The van der Waals surface area contributed by atoms with Gasteiger partial charge in [-0.3, -0.25) is 9.36 Å². The molecule has 0 spiro atoms. The van der Waals surface area contributed by atoms with Crippen LogP contribution in [0.5, 0.6) is 0 Å². The lowest BCUT2D eigenvalue weighted by Gasteiger charge is -2.33. The lowest BCUT2D eigenvalue weighted by Crippen LogP contribution is -2.38. The van der Waals surface area contributed by atoms with Gasteiger partial charge < -0.3 is 14.8 Å². The molecule has 35 heavy (non-hydrogen) atoms. The number of piperidine rings is 1. The molecule has 0 atom stereocenters. The number of hydrogen-bond acceptors (Lipinski definition) is 5. The van der Waals surface area contributed by atoms with E-state index in [2.05, 4.69) is 44.1 Å². The van der Waals surface area contributed by atoms with Crippen LogP contribution in [0.1, 0.15) is 40.5 Å². The molecule has 1 fully saturated rings. The summed E-state index contributed by atoms with van der Waals surface area (Å²) in [6.45, 7) is 2.92. The SMILES string of the molecule is O=C(c1cc(N2CCC(n3c(=O)[nH]c4ccccc43)CC2)ncn1)N1CCc2ccccc2CC1. The highest BCUT2D eigenvalue weighted by atomic mass is 16.2. The van der Waals surface area contributed by atoms with E-state index in [1.54, 1.807) is 0 Å².